The van der Waals surface area contributed by atoms with Gasteiger partial charge < -0.3 is 5.32 Å². The van der Waals surface area contributed by atoms with Crippen molar-refractivity contribution in [3.8, 4) is 0 Å². The summed E-state index contributed by atoms with van der Waals surface area (Å²) in [5.41, 5.74) is 1.14. The van der Waals surface area contributed by atoms with Crippen LogP contribution in [-0.2, 0) is 13.0 Å². The number of hydrogen-bond acceptors (Lipinski definition) is 3. The van der Waals surface area contributed by atoms with E-state index in [4.69, 9.17) is 5.10 Å². The van der Waals surface area contributed by atoms with Gasteiger partial charge in [-0.1, -0.05) is 13.8 Å². The molecule has 4 heteroatoms. The molecule has 0 spiro atoms. The zero-order chi connectivity index (χ0) is 15.2. The summed E-state index contributed by atoms with van der Waals surface area (Å²) < 4.78 is 2.12. The largest absolute Gasteiger partial charge is 0.308 e. The summed E-state index contributed by atoms with van der Waals surface area (Å²) in [6.45, 7) is 9.69. The van der Waals surface area contributed by atoms with Crippen LogP contribution in [0.25, 0.3) is 0 Å². The standard InChI is InChI=1S/C17H27N3S/c1-5-16(6-2)20-10-9-15(19-20)12-18-13(3)11-17-8-7-14(4)21-17/h7-10,13,16,18H,5-6,11-12H2,1-4H3. The fraction of sp³-hybridized carbons (Fsp3) is 0.588. The molecule has 2 rings (SSSR count). The van der Waals surface area contributed by atoms with Gasteiger partial charge in [0.15, 0.2) is 0 Å². The van der Waals surface area contributed by atoms with Crippen molar-refractivity contribution in [2.75, 3.05) is 0 Å². The predicted molar refractivity (Wildman–Crippen MR) is 90.9 cm³/mol. The molecule has 116 valence electrons. The van der Waals surface area contributed by atoms with Crippen LogP contribution in [0, 0.1) is 6.92 Å². The molecule has 0 aromatic carbocycles. The molecule has 1 unspecified atom stereocenters. The van der Waals surface area contributed by atoms with Gasteiger partial charge in [-0.3, -0.25) is 4.68 Å². The lowest BCUT2D eigenvalue weighted by Crippen LogP contribution is -2.27. The second kappa shape index (κ2) is 7.76. The van der Waals surface area contributed by atoms with Crippen molar-refractivity contribution in [1.82, 2.24) is 15.1 Å². The van der Waals surface area contributed by atoms with Crippen molar-refractivity contribution in [2.45, 2.75) is 65.6 Å². The summed E-state index contributed by atoms with van der Waals surface area (Å²) >= 11 is 1.89. The summed E-state index contributed by atoms with van der Waals surface area (Å²) in [6.07, 6.45) is 5.48. The van der Waals surface area contributed by atoms with E-state index in [0.29, 0.717) is 12.1 Å². The third-order valence-electron chi connectivity index (χ3n) is 3.92. The van der Waals surface area contributed by atoms with Crippen LogP contribution in [0.3, 0.4) is 0 Å². The highest BCUT2D eigenvalue weighted by atomic mass is 32.1. The van der Waals surface area contributed by atoms with Gasteiger partial charge in [0.25, 0.3) is 0 Å². The van der Waals surface area contributed by atoms with Crippen LogP contribution in [0.5, 0.6) is 0 Å². The Morgan fingerprint density at radius 1 is 1.24 bits per heavy atom. The number of nitrogens with zero attached hydrogens (tertiary/aromatic N) is 2. The van der Waals surface area contributed by atoms with Crippen molar-refractivity contribution in [1.29, 1.82) is 0 Å². The molecule has 0 fully saturated rings. The Morgan fingerprint density at radius 2 is 2.00 bits per heavy atom. The van der Waals surface area contributed by atoms with Gasteiger partial charge in [0.2, 0.25) is 0 Å². The van der Waals surface area contributed by atoms with E-state index in [0.717, 1.165) is 31.5 Å². The van der Waals surface area contributed by atoms with Crippen molar-refractivity contribution in [3.05, 3.63) is 39.8 Å². The Kier molecular flexibility index (Phi) is 6.00. The molecule has 21 heavy (non-hydrogen) atoms. The first-order valence-electron chi connectivity index (χ1n) is 7.95. The lowest BCUT2D eigenvalue weighted by molar-refractivity contribution is 0.422. The lowest BCUT2D eigenvalue weighted by Gasteiger charge is -2.13. The van der Waals surface area contributed by atoms with Gasteiger partial charge in [0, 0.05) is 28.5 Å². The minimum atomic E-state index is 0.473. The monoisotopic (exact) mass is 305 g/mol. The summed E-state index contributed by atoms with van der Waals surface area (Å²) in [6, 6.07) is 7.57. The normalized spacial score (nSPS) is 13.0. The van der Waals surface area contributed by atoms with E-state index in [1.165, 1.54) is 9.75 Å². The molecule has 3 nitrogen and oxygen atoms in total. The highest BCUT2D eigenvalue weighted by Gasteiger charge is 2.09. The molecule has 1 N–H and O–H groups in total. The molecular weight excluding hydrogens is 278 g/mol. The number of thiophene rings is 1. The molecule has 0 aliphatic carbocycles. The zero-order valence-electron chi connectivity index (χ0n) is 13.6. The quantitative estimate of drug-likeness (QED) is 0.786. The third-order valence-corrected chi connectivity index (χ3v) is 4.94. The Morgan fingerprint density at radius 3 is 2.62 bits per heavy atom. The first kappa shape index (κ1) is 16.2. The van der Waals surface area contributed by atoms with E-state index in [2.05, 4.69) is 62.1 Å². The first-order valence-corrected chi connectivity index (χ1v) is 8.76. The minimum absolute atomic E-state index is 0.473. The molecular formula is C17H27N3S. The van der Waals surface area contributed by atoms with Crippen LogP contribution in [0.4, 0.5) is 0 Å². The van der Waals surface area contributed by atoms with Crippen LogP contribution in [-0.4, -0.2) is 15.8 Å². The van der Waals surface area contributed by atoms with Crippen LogP contribution >= 0.6 is 11.3 Å². The number of rotatable bonds is 8. The fourth-order valence-electron chi connectivity index (χ4n) is 2.59. The number of hydrogen-bond donors (Lipinski definition) is 1. The Labute approximate surface area is 132 Å². The topological polar surface area (TPSA) is 29.9 Å². The summed E-state index contributed by atoms with van der Waals surface area (Å²) in [5.74, 6) is 0. The van der Waals surface area contributed by atoms with E-state index in [1.54, 1.807) is 0 Å². The lowest BCUT2D eigenvalue weighted by atomic mass is 10.2. The molecule has 0 aliphatic rings. The average molecular weight is 305 g/mol. The minimum Gasteiger partial charge on any atom is -0.308 e. The van der Waals surface area contributed by atoms with E-state index in [9.17, 15) is 0 Å². The van der Waals surface area contributed by atoms with Crippen LogP contribution in [0.15, 0.2) is 24.4 Å². The van der Waals surface area contributed by atoms with E-state index in [-0.39, 0.29) is 0 Å². The maximum atomic E-state index is 4.69. The summed E-state index contributed by atoms with van der Waals surface area (Å²) in [7, 11) is 0. The smallest absolute Gasteiger partial charge is 0.0762 e. The maximum Gasteiger partial charge on any atom is 0.0762 e. The second-order valence-corrected chi connectivity index (χ2v) is 7.13. The van der Waals surface area contributed by atoms with Gasteiger partial charge in [0.05, 0.1) is 11.7 Å². The van der Waals surface area contributed by atoms with E-state index >= 15 is 0 Å². The summed E-state index contributed by atoms with van der Waals surface area (Å²) in [4.78, 5) is 2.84. The molecule has 0 saturated carbocycles. The first-order chi connectivity index (χ1) is 10.1. The van der Waals surface area contributed by atoms with Crippen molar-refractivity contribution in [3.63, 3.8) is 0 Å². The van der Waals surface area contributed by atoms with Gasteiger partial charge in [-0.15, -0.1) is 11.3 Å². The Bertz CT molecular complexity index is 540. The highest BCUT2D eigenvalue weighted by Crippen LogP contribution is 2.17. The van der Waals surface area contributed by atoms with Gasteiger partial charge in [-0.05, 0) is 51.3 Å². The molecule has 0 radical (unpaired) electrons. The fourth-order valence-corrected chi connectivity index (χ4v) is 3.60. The van der Waals surface area contributed by atoms with Crippen LogP contribution in [0.1, 0.15) is 55.1 Å². The van der Waals surface area contributed by atoms with Crippen molar-refractivity contribution >= 4 is 11.3 Å². The van der Waals surface area contributed by atoms with Crippen LogP contribution < -0.4 is 5.32 Å². The van der Waals surface area contributed by atoms with Gasteiger partial charge in [0.1, 0.15) is 0 Å². The average Bonchev–Trinajstić information content (AvgIpc) is 3.08. The Balaban J connectivity index is 1.82. The third kappa shape index (κ3) is 4.68. The second-order valence-electron chi connectivity index (χ2n) is 5.76. The van der Waals surface area contributed by atoms with Crippen molar-refractivity contribution in [2.24, 2.45) is 0 Å². The van der Waals surface area contributed by atoms with Crippen LogP contribution in [0.2, 0.25) is 0 Å². The molecule has 2 aromatic rings. The molecule has 0 aliphatic heterocycles. The van der Waals surface area contributed by atoms with Gasteiger partial charge in [-0.2, -0.15) is 5.10 Å². The molecule has 0 bridgehead atoms. The number of nitrogens with one attached hydrogen (secondary N) is 1. The molecule has 2 heterocycles. The van der Waals surface area contributed by atoms with Gasteiger partial charge in [-0.25, -0.2) is 0 Å². The van der Waals surface area contributed by atoms with E-state index < -0.39 is 0 Å². The summed E-state index contributed by atoms with van der Waals surface area (Å²) in [5, 5.41) is 8.27. The molecule has 2 aromatic heterocycles. The molecule has 0 amide bonds. The molecule has 0 saturated heterocycles. The van der Waals surface area contributed by atoms with Gasteiger partial charge >= 0.3 is 0 Å². The highest BCUT2D eigenvalue weighted by molar-refractivity contribution is 7.11. The number of aromatic nitrogens is 2. The Hall–Kier alpha value is -1.13. The zero-order valence-corrected chi connectivity index (χ0v) is 14.4. The predicted octanol–water partition coefficient (Wildman–Crippen LogP) is 4.33. The maximum absolute atomic E-state index is 4.69. The van der Waals surface area contributed by atoms with E-state index in [1.807, 2.05) is 11.3 Å². The molecule has 1 atom stereocenters. The SMILES string of the molecule is CCC(CC)n1ccc(CNC(C)Cc2ccc(C)s2)n1. The van der Waals surface area contributed by atoms with Crippen molar-refractivity contribution < 1.29 is 0 Å². The number of aryl methyl sites for hydroxylation is 1.